The van der Waals surface area contributed by atoms with Crippen molar-refractivity contribution in [1.29, 1.82) is 0 Å². The Morgan fingerprint density at radius 2 is 2.24 bits per heavy atom. The number of aliphatic hydroxyl groups excluding tert-OH is 1. The number of ether oxygens (including phenoxy) is 2. The van der Waals surface area contributed by atoms with Gasteiger partial charge in [-0.3, -0.25) is 0 Å². The van der Waals surface area contributed by atoms with Crippen molar-refractivity contribution in [3.8, 4) is 11.5 Å². The molecule has 2 aliphatic heterocycles. The number of nitrogens with zero attached hydrogens (tertiary/aromatic N) is 1. The van der Waals surface area contributed by atoms with E-state index in [1.807, 2.05) is 6.08 Å². The third-order valence-corrected chi connectivity index (χ3v) is 6.47. The molecule has 25 heavy (non-hydrogen) atoms. The van der Waals surface area contributed by atoms with Gasteiger partial charge in [0.15, 0.2) is 11.5 Å². The Morgan fingerprint density at radius 3 is 3.00 bits per heavy atom. The molecular weight excluding hydrogens is 314 g/mol. The summed E-state index contributed by atoms with van der Waals surface area (Å²) in [4.78, 5) is 0. The highest BCUT2D eigenvalue weighted by molar-refractivity contribution is 5.60. The summed E-state index contributed by atoms with van der Waals surface area (Å²) in [6.45, 7) is 5.66. The van der Waals surface area contributed by atoms with Crippen LogP contribution in [0.15, 0.2) is 24.3 Å². The molecule has 4 heteroatoms. The molecule has 1 N–H and O–H groups in total. The first-order valence-corrected chi connectivity index (χ1v) is 9.59. The van der Waals surface area contributed by atoms with E-state index in [4.69, 9.17) is 9.47 Å². The Balaban J connectivity index is 1.84. The van der Waals surface area contributed by atoms with Gasteiger partial charge in [0.2, 0.25) is 0 Å². The molecule has 0 amide bonds. The van der Waals surface area contributed by atoms with Crippen LogP contribution in [0.3, 0.4) is 0 Å². The van der Waals surface area contributed by atoms with Gasteiger partial charge in [-0.15, -0.1) is 0 Å². The minimum absolute atomic E-state index is 0.00951. The molecule has 0 saturated heterocycles. The largest absolute Gasteiger partial charge is 0.493 e. The van der Waals surface area contributed by atoms with Gasteiger partial charge in [-0.25, -0.2) is 0 Å². The molecule has 2 heterocycles. The van der Waals surface area contributed by atoms with Crippen molar-refractivity contribution in [1.82, 2.24) is 0 Å². The van der Waals surface area contributed by atoms with Crippen molar-refractivity contribution in [2.45, 2.75) is 56.8 Å². The minimum atomic E-state index is -0.413. The zero-order chi connectivity index (χ0) is 17.7. The molecule has 1 aromatic rings. The van der Waals surface area contributed by atoms with Crippen molar-refractivity contribution in [3.63, 3.8) is 0 Å². The summed E-state index contributed by atoms with van der Waals surface area (Å²) in [6, 6.07) is 4.28. The van der Waals surface area contributed by atoms with Gasteiger partial charge >= 0.3 is 0 Å². The monoisotopic (exact) mass is 344 g/mol. The van der Waals surface area contributed by atoms with E-state index < -0.39 is 6.10 Å². The molecule has 1 aromatic carbocycles. The van der Waals surface area contributed by atoms with Crippen molar-refractivity contribution >= 4 is 0 Å². The van der Waals surface area contributed by atoms with E-state index in [0.717, 1.165) is 35.5 Å². The topological polar surface area (TPSA) is 38.7 Å². The average molecular weight is 344 g/mol. The van der Waals surface area contributed by atoms with Crippen LogP contribution in [0.1, 0.15) is 43.7 Å². The summed E-state index contributed by atoms with van der Waals surface area (Å²) >= 11 is 0. The van der Waals surface area contributed by atoms with E-state index in [2.05, 4.69) is 32.2 Å². The molecule has 4 nitrogen and oxygen atoms in total. The van der Waals surface area contributed by atoms with Crippen molar-refractivity contribution in [2.75, 3.05) is 27.2 Å². The molecule has 4 atom stereocenters. The number of aliphatic hydroxyl groups is 1. The summed E-state index contributed by atoms with van der Waals surface area (Å²) in [5, 5.41) is 10.1. The summed E-state index contributed by atoms with van der Waals surface area (Å²) in [7, 11) is 4.10. The lowest BCUT2D eigenvalue weighted by Crippen LogP contribution is -2.47. The number of unbranched alkanes of at least 4 members (excludes halogenated alkanes) is 1. The van der Waals surface area contributed by atoms with Crippen LogP contribution in [0.2, 0.25) is 0 Å². The van der Waals surface area contributed by atoms with Crippen molar-refractivity contribution in [3.05, 3.63) is 35.4 Å². The molecule has 136 valence electrons. The Kier molecular flexibility index (Phi) is 4.08. The number of hydrogen-bond acceptors (Lipinski definition) is 3. The summed E-state index contributed by atoms with van der Waals surface area (Å²) in [6.07, 6.45) is 8.02. The first-order chi connectivity index (χ1) is 12.0. The predicted molar refractivity (Wildman–Crippen MR) is 98.0 cm³/mol. The summed E-state index contributed by atoms with van der Waals surface area (Å²) in [5.74, 6) is 1.73. The second kappa shape index (κ2) is 6.03. The van der Waals surface area contributed by atoms with Crippen molar-refractivity contribution in [2.24, 2.45) is 0 Å². The van der Waals surface area contributed by atoms with Gasteiger partial charge in [-0.05, 0) is 18.6 Å². The van der Waals surface area contributed by atoms with Crippen LogP contribution in [0.4, 0.5) is 0 Å². The van der Waals surface area contributed by atoms with Gasteiger partial charge in [0.1, 0.15) is 12.6 Å². The Bertz CT molecular complexity index is 701. The Hall–Kier alpha value is -1.52. The van der Waals surface area contributed by atoms with Crippen LogP contribution < -0.4 is 9.47 Å². The molecule has 0 saturated carbocycles. The first kappa shape index (κ1) is 16.9. The summed E-state index contributed by atoms with van der Waals surface area (Å²) < 4.78 is 13.1. The average Bonchev–Trinajstić information content (AvgIpc) is 2.87. The van der Waals surface area contributed by atoms with Crippen LogP contribution in [-0.4, -0.2) is 49.0 Å². The number of benzene rings is 1. The van der Waals surface area contributed by atoms with Crippen LogP contribution in [0.5, 0.6) is 11.5 Å². The molecule has 0 fully saturated rings. The Labute approximate surface area is 150 Å². The lowest BCUT2D eigenvalue weighted by atomic mass is 9.69. The molecule has 0 radical (unpaired) electrons. The molecule has 1 spiro atoms. The SMILES string of the molecule is CCCC[N+]1(C)CC[C@]23C=C[C@H](O)C[C@@H]2Oc2c(OC)ccc(c23)C1. The highest BCUT2D eigenvalue weighted by atomic mass is 16.5. The number of hydrogen-bond donors (Lipinski definition) is 1. The van der Waals surface area contributed by atoms with E-state index in [-0.39, 0.29) is 11.5 Å². The van der Waals surface area contributed by atoms with Gasteiger partial charge < -0.3 is 19.1 Å². The number of quaternary nitrogens is 1. The fourth-order valence-electron chi connectivity index (χ4n) is 5.01. The molecule has 3 aliphatic rings. The molecular formula is C21H30NO3+. The lowest BCUT2D eigenvalue weighted by molar-refractivity contribution is -0.922. The maximum absolute atomic E-state index is 10.1. The Morgan fingerprint density at radius 1 is 1.40 bits per heavy atom. The first-order valence-electron chi connectivity index (χ1n) is 9.59. The summed E-state index contributed by atoms with van der Waals surface area (Å²) in [5.41, 5.74) is 2.59. The van der Waals surface area contributed by atoms with E-state index in [1.54, 1.807) is 7.11 Å². The second-order valence-corrected chi connectivity index (χ2v) is 8.27. The quantitative estimate of drug-likeness (QED) is 0.673. The molecule has 1 unspecified atom stereocenters. The number of methoxy groups -OCH3 is 1. The highest BCUT2D eigenvalue weighted by Crippen LogP contribution is 2.56. The third-order valence-electron chi connectivity index (χ3n) is 6.47. The predicted octanol–water partition coefficient (Wildman–Crippen LogP) is 3.17. The molecule has 0 aromatic heterocycles. The normalized spacial score (nSPS) is 35.5. The van der Waals surface area contributed by atoms with Gasteiger partial charge in [-0.1, -0.05) is 25.5 Å². The van der Waals surface area contributed by atoms with Crippen LogP contribution >= 0.6 is 0 Å². The molecule has 4 rings (SSSR count). The molecule has 0 bridgehead atoms. The smallest absolute Gasteiger partial charge is 0.166 e. The van der Waals surface area contributed by atoms with Crippen LogP contribution in [0.25, 0.3) is 0 Å². The van der Waals surface area contributed by atoms with E-state index in [9.17, 15) is 5.11 Å². The second-order valence-electron chi connectivity index (χ2n) is 8.27. The minimum Gasteiger partial charge on any atom is -0.493 e. The van der Waals surface area contributed by atoms with E-state index in [0.29, 0.717) is 6.42 Å². The maximum Gasteiger partial charge on any atom is 0.166 e. The van der Waals surface area contributed by atoms with Gasteiger partial charge in [-0.2, -0.15) is 0 Å². The van der Waals surface area contributed by atoms with Gasteiger partial charge in [0, 0.05) is 24.0 Å². The maximum atomic E-state index is 10.1. The van der Waals surface area contributed by atoms with Crippen molar-refractivity contribution < 1.29 is 19.1 Å². The van der Waals surface area contributed by atoms with Gasteiger partial charge in [0.05, 0.1) is 38.8 Å². The van der Waals surface area contributed by atoms with E-state index in [1.165, 1.54) is 30.5 Å². The number of rotatable bonds is 4. The fourth-order valence-corrected chi connectivity index (χ4v) is 5.01. The van der Waals surface area contributed by atoms with Crippen LogP contribution in [0, 0.1) is 0 Å². The lowest BCUT2D eigenvalue weighted by Gasteiger charge is -2.37. The standard InChI is InChI=1S/C21H30NO3/c1-4-5-11-22(2)12-10-21-9-8-16(23)13-18(21)25-20-17(24-3)7-6-15(14-22)19(20)21/h6-9,16,18,23H,4-5,10-14H2,1-3H3/q+1/t16-,18-,21+,22?/m0/s1. The molecule has 1 aliphatic carbocycles. The van der Waals surface area contributed by atoms with Crippen LogP contribution in [-0.2, 0) is 12.0 Å². The van der Waals surface area contributed by atoms with Gasteiger partial charge in [0.25, 0.3) is 0 Å². The highest BCUT2D eigenvalue weighted by Gasteiger charge is 2.54. The third kappa shape index (κ3) is 2.58. The van der Waals surface area contributed by atoms with E-state index >= 15 is 0 Å². The fraction of sp³-hybridized carbons (Fsp3) is 0.619. The zero-order valence-electron chi connectivity index (χ0n) is 15.6. The zero-order valence-corrected chi connectivity index (χ0v) is 15.6.